The minimum Gasteiger partial charge on any atom is -0.444 e. The van der Waals surface area contributed by atoms with Crippen LogP contribution in [0.4, 0.5) is 4.79 Å². The summed E-state index contributed by atoms with van der Waals surface area (Å²) in [5.41, 5.74) is 0.356. The molecule has 0 saturated carbocycles. The lowest BCUT2D eigenvalue weighted by atomic mass is 10.0. The van der Waals surface area contributed by atoms with E-state index in [0.717, 1.165) is 5.56 Å². The molecule has 0 aliphatic carbocycles. The van der Waals surface area contributed by atoms with Crippen molar-refractivity contribution in [1.29, 1.82) is 5.26 Å². The van der Waals surface area contributed by atoms with Crippen LogP contribution in [0.15, 0.2) is 30.3 Å². The van der Waals surface area contributed by atoms with Gasteiger partial charge >= 0.3 is 6.09 Å². The molecule has 0 heterocycles. The lowest BCUT2D eigenvalue weighted by Gasteiger charge is -2.20. The molecular weight excluding hydrogens is 228 g/mol. The summed E-state index contributed by atoms with van der Waals surface area (Å²) in [6.45, 7) is 5.64. The maximum atomic E-state index is 11.5. The van der Waals surface area contributed by atoms with Crippen LogP contribution in [-0.2, 0) is 4.74 Å². The average Bonchev–Trinajstić information content (AvgIpc) is 2.29. The van der Waals surface area contributed by atoms with E-state index in [0.29, 0.717) is 0 Å². The normalized spacial score (nSPS) is 12.3. The van der Waals surface area contributed by atoms with Gasteiger partial charge in [-0.25, -0.2) is 4.79 Å². The summed E-state index contributed by atoms with van der Waals surface area (Å²) in [7, 11) is 0. The molecule has 1 aromatic carbocycles. The van der Waals surface area contributed by atoms with Crippen LogP contribution >= 0.6 is 0 Å². The predicted molar refractivity (Wildman–Crippen MR) is 69.0 cm³/mol. The number of rotatable bonds is 3. The molecule has 0 saturated heterocycles. The van der Waals surface area contributed by atoms with Gasteiger partial charge in [-0.3, -0.25) is 0 Å². The van der Waals surface area contributed by atoms with E-state index in [9.17, 15) is 4.79 Å². The molecule has 0 radical (unpaired) electrons. The molecule has 1 amide bonds. The third-order valence-electron chi connectivity index (χ3n) is 2.21. The van der Waals surface area contributed by atoms with Gasteiger partial charge in [0.25, 0.3) is 0 Å². The van der Waals surface area contributed by atoms with E-state index in [1.165, 1.54) is 0 Å². The Morgan fingerprint density at radius 1 is 1.39 bits per heavy atom. The second-order valence-electron chi connectivity index (χ2n) is 4.98. The van der Waals surface area contributed by atoms with Crippen LogP contribution in [0.3, 0.4) is 0 Å². The van der Waals surface area contributed by atoms with Gasteiger partial charge in [0, 0.05) is 6.54 Å². The Labute approximate surface area is 108 Å². The summed E-state index contributed by atoms with van der Waals surface area (Å²) in [6, 6.07) is 11.5. The second kappa shape index (κ2) is 6.06. The minimum absolute atomic E-state index is 0.245. The Kier molecular flexibility index (Phi) is 4.73. The maximum Gasteiger partial charge on any atom is 0.407 e. The van der Waals surface area contributed by atoms with Gasteiger partial charge in [0.05, 0.1) is 12.0 Å². The first-order chi connectivity index (χ1) is 8.42. The molecule has 4 heteroatoms. The third kappa shape index (κ3) is 4.88. The summed E-state index contributed by atoms with van der Waals surface area (Å²) in [5.74, 6) is -0.362. The van der Waals surface area contributed by atoms with Gasteiger partial charge in [-0.1, -0.05) is 30.3 Å². The Morgan fingerprint density at radius 2 is 2.00 bits per heavy atom. The van der Waals surface area contributed by atoms with Crippen molar-refractivity contribution < 1.29 is 9.53 Å². The average molecular weight is 246 g/mol. The number of carbonyl (C=O) groups excluding carboxylic acids is 1. The summed E-state index contributed by atoms with van der Waals surface area (Å²) < 4.78 is 5.11. The number of carbonyl (C=O) groups is 1. The van der Waals surface area contributed by atoms with Gasteiger partial charge in [-0.15, -0.1) is 0 Å². The van der Waals surface area contributed by atoms with Crippen molar-refractivity contribution in [3.8, 4) is 6.07 Å². The lowest BCUT2D eigenvalue weighted by molar-refractivity contribution is 0.0527. The Morgan fingerprint density at radius 3 is 2.50 bits per heavy atom. The van der Waals surface area contributed by atoms with Gasteiger partial charge < -0.3 is 10.1 Å². The van der Waals surface area contributed by atoms with Crippen LogP contribution in [0.25, 0.3) is 0 Å². The van der Waals surface area contributed by atoms with Crippen molar-refractivity contribution in [2.45, 2.75) is 32.3 Å². The first-order valence-corrected chi connectivity index (χ1v) is 5.84. The van der Waals surface area contributed by atoms with E-state index in [-0.39, 0.29) is 12.5 Å². The number of nitriles is 1. The Bertz CT molecular complexity index is 429. The fourth-order valence-electron chi connectivity index (χ4n) is 1.42. The first kappa shape index (κ1) is 14.0. The summed E-state index contributed by atoms with van der Waals surface area (Å²) in [4.78, 5) is 11.5. The van der Waals surface area contributed by atoms with Crippen LogP contribution in [-0.4, -0.2) is 18.2 Å². The van der Waals surface area contributed by atoms with Crippen LogP contribution in [0, 0.1) is 11.3 Å². The predicted octanol–water partition coefficient (Wildman–Crippen LogP) is 2.82. The van der Waals surface area contributed by atoms with Crippen LogP contribution in [0.1, 0.15) is 32.3 Å². The van der Waals surface area contributed by atoms with Gasteiger partial charge in [0.15, 0.2) is 0 Å². The number of hydrogen-bond acceptors (Lipinski definition) is 3. The van der Waals surface area contributed by atoms with E-state index in [1.807, 2.05) is 30.3 Å². The van der Waals surface area contributed by atoms with Crippen molar-refractivity contribution in [3.05, 3.63) is 35.9 Å². The molecule has 1 rings (SSSR count). The van der Waals surface area contributed by atoms with Crippen LogP contribution in [0.2, 0.25) is 0 Å². The molecule has 4 nitrogen and oxygen atoms in total. The molecule has 1 N–H and O–H groups in total. The maximum absolute atomic E-state index is 11.5. The summed E-state index contributed by atoms with van der Waals surface area (Å²) in [6.07, 6.45) is -0.501. The van der Waals surface area contributed by atoms with Crippen molar-refractivity contribution in [1.82, 2.24) is 5.32 Å². The highest BCUT2D eigenvalue weighted by atomic mass is 16.6. The van der Waals surface area contributed by atoms with Crippen LogP contribution in [0.5, 0.6) is 0 Å². The molecule has 1 aromatic rings. The van der Waals surface area contributed by atoms with Crippen molar-refractivity contribution in [2.75, 3.05) is 6.54 Å². The zero-order valence-corrected chi connectivity index (χ0v) is 10.9. The molecule has 0 spiro atoms. The molecule has 0 bridgehead atoms. The lowest BCUT2D eigenvalue weighted by Crippen LogP contribution is -2.34. The largest absolute Gasteiger partial charge is 0.444 e. The summed E-state index contributed by atoms with van der Waals surface area (Å²) >= 11 is 0. The number of alkyl carbamates (subject to hydrolysis) is 1. The molecule has 0 aliphatic rings. The smallest absolute Gasteiger partial charge is 0.407 e. The highest BCUT2D eigenvalue weighted by molar-refractivity contribution is 5.67. The number of amides is 1. The molecule has 1 unspecified atom stereocenters. The molecule has 18 heavy (non-hydrogen) atoms. The topological polar surface area (TPSA) is 62.1 Å². The van der Waals surface area contributed by atoms with E-state index >= 15 is 0 Å². The second-order valence-corrected chi connectivity index (χ2v) is 4.98. The number of nitrogens with one attached hydrogen (secondary N) is 1. The van der Waals surface area contributed by atoms with Crippen molar-refractivity contribution in [2.24, 2.45) is 0 Å². The minimum atomic E-state index is -0.529. The molecular formula is C14H18N2O2. The molecule has 0 aliphatic heterocycles. The van der Waals surface area contributed by atoms with E-state index in [2.05, 4.69) is 11.4 Å². The number of ether oxygens (including phenoxy) is 1. The zero-order chi connectivity index (χ0) is 13.6. The fourth-order valence-corrected chi connectivity index (χ4v) is 1.42. The third-order valence-corrected chi connectivity index (χ3v) is 2.21. The van der Waals surface area contributed by atoms with Crippen molar-refractivity contribution in [3.63, 3.8) is 0 Å². The van der Waals surface area contributed by atoms with Crippen molar-refractivity contribution >= 4 is 6.09 Å². The number of nitrogens with zero attached hydrogens (tertiary/aromatic N) is 1. The number of benzene rings is 1. The Hall–Kier alpha value is -2.02. The monoisotopic (exact) mass is 246 g/mol. The number of hydrogen-bond donors (Lipinski definition) is 1. The SMILES string of the molecule is CC(C)(C)OC(=O)NCC(C#N)c1ccccc1. The molecule has 1 atom stereocenters. The molecule has 96 valence electrons. The standard InChI is InChI=1S/C14H18N2O2/c1-14(2,3)18-13(17)16-10-12(9-15)11-7-5-4-6-8-11/h4-8,12H,10H2,1-3H3,(H,16,17). The van der Waals surface area contributed by atoms with Gasteiger partial charge in [-0.2, -0.15) is 5.26 Å². The van der Waals surface area contributed by atoms with Gasteiger partial charge in [0.1, 0.15) is 5.60 Å². The quantitative estimate of drug-likeness (QED) is 0.892. The highest BCUT2D eigenvalue weighted by Gasteiger charge is 2.17. The molecule has 0 aromatic heterocycles. The van der Waals surface area contributed by atoms with E-state index < -0.39 is 11.7 Å². The van der Waals surface area contributed by atoms with E-state index in [1.54, 1.807) is 20.8 Å². The first-order valence-electron chi connectivity index (χ1n) is 5.84. The molecule has 0 fully saturated rings. The van der Waals surface area contributed by atoms with Crippen LogP contribution < -0.4 is 5.32 Å². The zero-order valence-electron chi connectivity index (χ0n) is 10.9. The fraction of sp³-hybridized carbons (Fsp3) is 0.429. The van der Waals surface area contributed by atoms with Gasteiger partial charge in [-0.05, 0) is 26.3 Å². The Balaban J connectivity index is 2.52. The van der Waals surface area contributed by atoms with E-state index in [4.69, 9.17) is 10.00 Å². The summed E-state index contributed by atoms with van der Waals surface area (Å²) in [5, 5.41) is 11.7. The highest BCUT2D eigenvalue weighted by Crippen LogP contribution is 2.13. The van der Waals surface area contributed by atoms with Gasteiger partial charge in [0.2, 0.25) is 0 Å².